The maximum Gasteiger partial charge on any atom is 0.178 e. The molecular weight excluding hydrogens is 550 g/mol. The number of allylic oxidation sites excluding steroid dienone is 1. The van der Waals surface area contributed by atoms with Gasteiger partial charge in [-0.1, -0.05) is 103 Å². The topological polar surface area (TPSA) is 63.4 Å². The number of fused-ring (bicyclic) bond motifs is 2. The fraction of sp³-hybridized carbons (Fsp3) is 0.0250. The molecule has 2 heterocycles. The van der Waals surface area contributed by atoms with Crippen LogP contribution < -0.4 is 0 Å². The summed E-state index contributed by atoms with van der Waals surface area (Å²) in [6, 6.07) is 45.5. The van der Waals surface area contributed by atoms with Crippen LogP contribution in [0.15, 0.2) is 156 Å². The van der Waals surface area contributed by atoms with E-state index in [4.69, 9.17) is 15.0 Å². The highest BCUT2D eigenvalue weighted by Gasteiger charge is 2.15. The Bertz CT molecular complexity index is 2240. The Labute approximate surface area is 262 Å². The Morgan fingerprint density at radius 1 is 0.600 bits per heavy atom. The molecule has 0 bridgehead atoms. The summed E-state index contributed by atoms with van der Waals surface area (Å²) in [7, 11) is 0. The zero-order valence-corrected chi connectivity index (χ0v) is 24.8. The smallest absolute Gasteiger partial charge is 0.178 e. The maximum absolute atomic E-state index is 5.00. The first-order valence-electron chi connectivity index (χ1n) is 14.8. The third kappa shape index (κ3) is 5.79. The summed E-state index contributed by atoms with van der Waals surface area (Å²) >= 11 is 0. The number of aliphatic imine (C=N–C) groups is 2. The summed E-state index contributed by atoms with van der Waals surface area (Å²) in [5.74, 6) is 0.935. The van der Waals surface area contributed by atoms with Crippen LogP contribution in [0.2, 0.25) is 0 Å². The third-order valence-corrected chi connectivity index (χ3v) is 7.77. The molecule has 0 spiro atoms. The molecular formula is C40H29N5. The number of hydrogen-bond acceptors (Lipinski definition) is 4. The number of hydrogen-bond donors (Lipinski definition) is 0. The first-order valence-corrected chi connectivity index (χ1v) is 14.8. The van der Waals surface area contributed by atoms with Crippen molar-refractivity contribution in [1.82, 2.24) is 15.0 Å². The van der Waals surface area contributed by atoms with Gasteiger partial charge in [0.2, 0.25) is 0 Å². The van der Waals surface area contributed by atoms with Crippen LogP contribution >= 0.6 is 0 Å². The van der Waals surface area contributed by atoms with Crippen LogP contribution in [0.5, 0.6) is 0 Å². The summed E-state index contributed by atoms with van der Waals surface area (Å²) in [5, 5.41) is 4.76. The van der Waals surface area contributed by atoms with Crippen molar-refractivity contribution in [1.29, 1.82) is 0 Å². The summed E-state index contributed by atoms with van der Waals surface area (Å²) in [4.78, 5) is 23.8. The highest BCUT2D eigenvalue weighted by atomic mass is 15.0. The Kier molecular flexibility index (Phi) is 7.57. The van der Waals surface area contributed by atoms with Gasteiger partial charge in [0.1, 0.15) is 11.4 Å². The molecule has 0 saturated carbocycles. The van der Waals surface area contributed by atoms with E-state index in [2.05, 4.69) is 71.3 Å². The standard InChI is InChI=1S/C40H29N5/c1-3-35(27-12-6-4-7-13-27)44-39(41-2)37-25-34(32-19-18-31-22-29-16-10-11-17-30(29)23-33(31)24-32)26-38(43-37)40-42-21-20-36(45-40)28-14-8-5-9-15-28/h3-26H,2H2,1H3/b35-3-,44-39-. The number of aromatic nitrogens is 3. The van der Waals surface area contributed by atoms with Crippen LogP contribution in [0.1, 0.15) is 18.2 Å². The van der Waals surface area contributed by atoms with E-state index in [-0.39, 0.29) is 0 Å². The van der Waals surface area contributed by atoms with Crippen LogP contribution in [0.4, 0.5) is 0 Å². The van der Waals surface area contributed by atoms with E-state index in [0.717, 1.165) is 39.0 Å². The average molecular weight is 580 g/mol. The Balaban J connectivity index is 1.40. The largest absolute Gasteiger partial charge is 0.243 e. The molecule has 0 saturated heterocycles. The molecule has 0 unspecified atom stereocenters. The van der Waals surface area contributed by atoms with Crippen molar-refractivity contribution in [3.8, 4) is 33.9 Å². The number of amidine groups is 1. The summed E-state index contributed by atoms with van der Waals surface area (Å²) in [5.41, 5.74) is 6.80. The molecule has 5 aromatic carbocycles. The molecule has 0 aliphatic carbocycles. The molecule has 0 aliphatic rings. The fourth-order valence-electron chi connectivity index (χ4n) is 5.49. The minimum atomic E-state index is 0.418. The zero-order chi connectivity index (χ0) is 30.6. The van der Waals surface area contributed by atoms with Crippen molar-refractivity contribution >= 4 is 39.8 Å². The Morgan fingerprint density at radius 3 is 2.02 bits per heavy atom. The van der Waals surface area contributed by atoms with Crippen LogP contribution in [0.25, 0.3) is 61.1 Å². The second-order valence-electron chi connectivity index (χ2n) is 10.7. The van der Waals surface area contributed by atoms with Gasteiger partial charge in [-0.3, -0.25) is 0 Å². The minimum Gasteiger partial charge on any atom is -0.243 e. The highest BCUT2D eigenvalue weighted by Crippen LogP contribution is 2.31. The molecule has 0 fully saturated rings. The van der Waals surface area contributed by atoms with Gasteiger partial charge in [0.15, 0.2) is 11.7 Å². The molecule has 0 N–H and O–H groups in total. The zero-order valence-electron chi connectivity index (χ0n) is 24.8. The molecule has 5 nitrogen and oxygen atoms in total. The van der Waals surface area contributed by atoms with Crippen molar-refractivity contribution in [3.05, 3.63) is 157 Å². The number of rotatable bonds is 6. The van der Waals surface area contributed by atoms with Crippen molar-refractivity contribution in [2.24, 2.45) is 9.98 Å². The van der Waals surface area contributed by atoms with Crippen molar-refractivity contribution < 1.29 is 0 Å². The lowest BCUT2D eigenvalue weighted by atomic mass is 9.98. The molecule has 214 valence electrons. The van der Waals surface area contributed by atoms with E-state index >= 15 is 0 Å². The van der Waals surface area contributed by atoms with E-state index in [1.165, 1.54) is 16.2 Å². The van der Waals surface area contributed by atoms with E-state index in [0.29, 0.717) is 23.0 Å². The first-order chi connectivity index (χ1) is 22.2. The van der Waals surface area contributed by atoms with Crippen LogP contribution in [-0.4, -0.2) is 27.5 Å². The molecule has 0 atom stereocenters. The molecule has 2 aromatic heterocycles. The summed E-state index contributed by atoms with van der Waals surface area (Å²) < 4.78 is 0. The van der Waals surface area contributed by atoms with Crippen molar-refractivity contribution in [2.75, 3.05) is 0 Å². The van der Waals surface area contributed by atoms with Crippen LogP contribution in [0, 0.1) is 0 Å². The molecule has 0 aliphatic heterocycles. The number of benzene rings is 5. The van der Waals surface area contributed by atoms with Gasteiger partial charge in [0.25, 0.3) is 0 Å². The summed E-state index contributed by atoms with van der Waals surface area (Å²) in [6.45, 7) is 5.83. The van der Waals surface area contributed by atoms with Crippen LogP contribution in [-0.2, 0) is 0 Å². The molecule has 0 radical (unpaired) electrons. The third-order valence-electron chi connectivity index (χ3n) is 7.77. The lowest BCUT2D eigenvalue weighted by Gasteiger charge is -2.11. The van der Waals surface area contributed by atoms with E-state index in [9.17, 15) is 0 Å². The minimum absolute atomic E-state index is 0.418. The second kappa shape index (κ2) is 12.3. The van der Waals surface area contributed by atoms with Crippen LogP contribution in [0.3, 0.4) is 0 Å². The molecule has 45 heavy (non-hydrogen) atoms. The quantitative estimate of drug-likeness (QED) is 0.112. The monoisotopic (exact) mass is 579 g/mol. The second-order valence-corrected chi connectivity index (χ2v) is 10.7. The number of pyridine rings is 1. The summed E-state index contributed by atoms with van der Waals surface area (Å²) in [6.07, 6.45) is 3.74. The maximum atomic E-state index is 5.00. The molecule has 0 amide bonds. The van der Waals surface area contributed by atoms with Gasteiger partial charge >= 0.3 is 0 Å². The Hall–Kier alpha value is -6.07. The van der Waals surface area contributed by atoms with Gasteiger partial charge in [-0.05, 0) is 88.3 Å². The lowest BCUT2D eigenvalue weighted by Crippen LogP contribution is -2.04. The van der Waals surface area contributed by atoms with Crippen molar-refractivity contribution in [2.45, 2.75) is 6.92 Å². The fourth-order valence-corrected chi connectivity index (χ4v) is 5.49. The number of nitrogens with zero attached hydrogens (tertiary/aromatic N) is 5. The van der Waals surface area contributed by atoms with Gasteiger partial charge in [-0.2, -0.15) is 0 Å². The highest BCUT2D eigenvalue weighted by molar-refractivity contribution is 6.04. The molecule has 5 heteroatoms. The van der Waals surface area contributed by atoms with Crippen molar-refractivity contribution in [3.63, 3.8) is 0 Å². The van der Waals surface area contributed by atoms with Gasteiger partial charge in [0.05, 0.1) is 11.4 Å². The predicted molar refractivity (Wildman–Crippen MR) is 187 cm³/mol. The predicted octanol–water partition coefficient (Wildman–Crippen LogP) is 9.69. The van der Waals surface area contributed by atoms with Gasteiger partial charge in [-0.25, -0.2) is 24.9 Å². The van der Waals surface area contributed by atoms with E-state index in [1.807, 2.05) is 91.9 Å². The lowest BCUT2D eigenvalue weighted by molar-refractivity contribution is 1.14. The normalized spacial score (nSPS) is 12.0. The van der Waals surface area contributed by atoms with E-state index in [1.54, 1.807) is 6.20 Å². The van der Waals surface area contributed by atoms with E-state index < -0.39 is 0 Å². The first kappa shape index (κ1) is 27.7. The molecule has 7 aromatic rings. The average Bonchev–Trinajstić information content (AvgIpc) is 3.11. The SMILES string of the molecule is C=N/C(=N\C(=C/C)c1ccccc1)c1cc(-c2ccc3cc4ccccc4cc3c2)cc(-c2nccc(-c3ccccc3)n2)n1. The van der Waals surface area contributed by atoms with Gasteiger partial charge in [-0.15, -0.1) is 0 Å². The van der Waals surface area contributed by atoms with Gasteiger partial charge in [0, 0.05) is 11.8 Å². The Morgan fingerprint density at radius 2 is 1.29 bits per heavy atom. The van der Waals surface area contributed by atoms with Gasteiger partial charge < -0.3 is 0 Å². The molecule has 7 rings (SSSR count).